The smallest absolute Gasteiger partial charge is 0.341 e. The molecule has 1 aliphatic rings. The first-order valence-corrected chi connectivity index (χ1v) is 12.3. The van der Waals surface area contributed by atoms with E-state index in [4.69, 9.17) is 16.3 Å². The third kappa shape index (κ3) is 5.74. The van der Waals surface area contributed by atoms with Crippen LogP contribution in [0.4, 0.5) is 5.69 Å². The van der Waals surface area contributed by atoms with E-state index in [1.165, 1.54) is 37.6 Å². The Bertz CT molecular complexity index is 1020. The first-order chi connectivity index (χ1) is 14.3. The molecular formula is C20H23ClN2O5S2. The van der Waals surface area contributed by atoms with Gasteiger partial charge in [-0.25, -0.2) is 13.2 Å². The number of para-hydroxylation sites is 1. The van der Waals surface area contributed by atoms with Gasteiger partial charge in [-0.05, 0) is 44.0 Å². The summed E-state index contributed by atoms with van der Waals surface area (Å²) < 4.78 is 33.2. The molecule has 3 rings (SSSR count). The number of carbonyl (C=O) groups is 2. The number of halogens is 1. The Morgan fingerprint density at radius 3 is 2.50 bits per heavy atom. The van der Waals surface area contributed by atoms with Crippen molar-refractivity contribution in [3.63, 3.8) is 0 Å². The van der Waals surface area contributed by atoms with Crippen LogP contribution in [0.5, 0.6) is 0 Å². The van der Waals surface area contributed by atoms with Gasteiger partial charge < -0.3 is 10.1 Å². The first kappa shape index (κ1) is 22.6. The second-order valence-electron chi connectivity index (χ2n) is 7.10. The van der Waals surface area contributed by atoms with Crippen molar-refractivity contribution in [1.29, 1.82) is 0 Å². The molecule has 1 aromatic carbocycles. The second kappa shape index (κ2) is 9.80. The Labute approximate surface area is 184 Å². The van der Waals surface area contributed by atoms with Crippen molar-refractivity contribution in [2.24, 2.45) is 0 Å². The SMILES string of the molecule is CC(OC(=O)c1ccccc1NS(=O)(=O)c1ccc(Cl)s1)C(=O)NC1CCCCC1. The lowest BCUT2D eigenvalue weighted by Gasteiger charge is -2.24. The van der Waals surface area contributed by atoms with Crippen LogP contribution in [0, 0.1) is 0 Å². The van der Waals surface area contributed by atoms with E-state index in [2.05, 4.69) is 10.0 Å². The number of benzene rings is 1. The molecule has 1 aromatic heterocycles. The molecule has 0 aliphatic heterocycles. The molecule has 1 fully saturated rings. The van der Waals surface area contributed by atoms with Crippen molar-refractivity contribution >= 4 is 50.5 Å². The predicted octanol–water partition coefficient (Wildman–Crippen LogP) is 4.20. The zero-order valence-corrected chi connectivity index (χ0v) is 18.8. The van der Waals surface area contributed by atoms with Crippen molar-refractivity contribution in [1.82, 2.24) is 5.32 Å². The van der Waals surface area contributed by atoms with Crippen LogP contribution in [0.25, 0.3) is 0 Å². The minimum atomic E-state index is -3.92. The lowest BCUT2D eigenvalue weighted by Crippen LogP contribution is -2.42. The summed E-state index contributed by atoms with van der Waals surface area (Å²) in [7, 11) is -3.92. The van der Waals surface area contributed by atoms with E-state index in [1.54, 1.807) is 12.1 Å². The number of ether oxygens (including phenoxy) is 1. The fourth-order valence-electron chi connectivity index (χ4n) is 3.23. The van der Waals surface area contributed by atoms with Gasteiger partial charge in [0.15, 0.2) is 6.10 Å². The number of carbonyl (C=O) groups excluding carboxylic acids is 2. The van der Waals surface area contributed by atoms with Crippen LogP contribution in [-0.4, -0.2) is 32.4 Å². The van der Waals surface area contributed by atoms with Gasteiger partial charge in [0.1, 0.15) is 4.21 Å². The van der Waals surface area contributed by atoms with E-state index >= 15 is 0 Å². The average molecular weight is 471 g/mol. The molecule has 0 saturated heterocycles. The molecule has 30 heavy (non-hydrogen) atoms. The van der Waals surface area contributed by atoms with E-state index in [9.17, 15) is 18.0 Å². The van der Waals surface area contributed by atoms with Crippen LogP contribution < -0.4 is 10.0 Å². The fourth-order valence-corrected chi connectivity index (χ4v) is 5.79. The van der Waals surface area contributed by atoms with Gasteiger partial charge in [0.2, 0.25) is 0 Å². The molecular weight excluding hydrogens is 448 g/mol. The molecule has 0 bridgehead atoms. The normalized spacial score (nSPS) is 15.9. The standard InChI is InChI=1S/C20H23ClN2O5S2/c1-13(19(24)22-14-7-3-2-4-8-14)28-20(25)15-9-5-6-10-16(15)23-30(26,27)18-12-11-17(21)29-18/h5-6,9-14,23H,2-4,7-8H2,1H3,(H,22,24). The third-order valence-electron chi connectivity index (χ3n) is 4.81. The molecule has 1 heterocycles. The number of nitrogens with one attached hydrogen (secondary N) is 2. The lowest BCUT2D eigenvalue weighted by atomic mass is 9.95. The number of thiophene rings is 1. The summed E-state index contributed by atoms with van der Waals surface area (Å²) in [4.78, 5) is 25.0. The zero-order valence-electron chi connectivity index (χ0n) is 16.4. The molecule has 0 spiro atoms. The Balaban J connectivity index is 1.68. The number of hydrogen-bond acceptors (Lipinski definition) is 6. The molecule has 1 atom stereocenters. The minimum Gasteiger partial charge on any atom is -0.449 e. The lowest BCUT2D eigenvalue weighted by molar-refractivity contribution is -0.130. The van der Waals surface area contributed by atoms with Gasteiger partial charge in [0, 0.05) is 6.04 Å². The van der Waals surface area contributed by atoms with E-state index in [0.717, 1.165) is 37.0 Å². The van der Waals surface area contributed by atoms with Crippen LogP contribution in [0.1, 0.15) is 49.4 Å². The summed E-state index contributed by atoms with van der Waals surface area (Å²) in [5, 5.41) is 2.91. The van der Waals surface area contributed by atoms with Crippen LogP contribution in [0.2, 0.25) is 4.34 Å². The zero-order chi connectivity index (χ0) is 21.7. The monoisotopic (exact) mass is 470 g/mol. The van der Waals surface area contributed by atoms with Crippen LogP contribution in [-0.2, 0) is 19.6 Å². The number of rotatable bonds is 7. The van der Waals surface area contributed by atoms with Gasteiger partial charge >= 0.3 is 5.97 Å². The minimum absolute atomic E-state index is 0.0149. The van der Waals surface area contributed by atoms with Crippen molar-refractivity contribution in [3.05, 3.63) is 46.3 Å². The number of amides is 1. The van der Waals surface area contributed by atoms with Gasteiger partial charge in [0.05, 0.1) is 15.6 Å². The maximum absolute atomic E-state index is 12.6. The number of anilines is 1. The summed E-state index contributed by atoms with van der Waals surface area (Å²) in [6.45, 7) is 1.50. The third-order valence-corrected chi connectivity index (χ3v) is 7.90. The van der Waals surface area contributed by atoms with Gasteiger partial charge in [-0.1, -0.05) is 43.0 Å². The number of sulfonamides is 1. The van der Waals surface area contributed by atoms with Crippen molar-refractivity contribution in [3.8, 4) is 0 Å². The largest absolute Gasteiger partial charge is 0.449 e. The highest BCUT2D eigenvalue weighted by molar-refractivity contribution is 7.94. The molecule has 1 saturated carbocycles. The van der Waals surface area contributed by atoms with Crippen LogP contribution in [0.15, 0.2) is 40.6 Å². The quantitative estimate of drug-likeness (QED) is 0.590. The first-order valence-electron chi connectivity index (χ1n) is 9.65. The maximum Gasteiger partial charge on any atom is 0.341 e. The van der Waals surface area contributed by atoms with Crippen LogP contribution >= 0.6 is 22.9 Å². The Hall–Kier alpha value is -2.10. The number of esters is 1. The highest BCUT2D eigenvalue weighted by atomic mass is 35.5. The maximum atomic E-state index is 12.6. The topological polar surface area (TPSA) is 102 Å². The molecule has 1 amide bonds. The second-order valence-corrected chi connectivity index (χ2v) is 10.7. The number of hydrogen-bond donors (Lipinski definition) is 2. The molecule has 162 valence electrons. The molecule has 2 N–H and O–H groups in total. The summed E-state index contributed by atoms with van der Waals surface area (Å²) in [6, 6.07) is 9.03. The van der Waals surface area contributed by atoms with Gasteiger partial charge in [-0.2, -0.15) is 0 Å². The Morgan fingerprint density at radius 1 is 1.13 bits per heavy atom. The summed E-state index contributed by atoms with van der Waals surface area (Å²) in [5.74, 6) is -1.15. The van der Waals surface area contributed by atoms with Crippen molar-refractivity contribution < 1.29 is 22.7 Å². The summed E-state index contributed by atoms with van der Waals surface area (Å²) in [5.41, 5.74) is 0.0768. The predicted molar refractivity (Wildman–Crippen MR) is 116 cm³/mol. The fraction of sp³-hybridized carbons (Fsp3) is 0.400. The van der Waals surface area contributed by atoms with Gasteiger partial charge in [-0.3, -0.25) is 9.52 Å². The van der Waals surface area contributed by atoms with E-state index in [0.29, 0.717) is 4.34 Å². The molecule has 1 aliphatic carbocycles. The summed E-state index contributed by atoms with van der Waals surface area (Å²) in [6.07, 6.45) is 4.15. The summed E-state index contributed by atoms with van der Waals surface area (Å²) >= 11 is 6.73. The van der Waals surface area contributed by atoms with E-state index in [-0.39, 0.29) is 27.4 Å². The average Bonchev–Trinajstić information content (AvgIpc) is 3.16. The Kier molecular flexibility index (Phi) is 7.38. The molecule has 10 heteroatoms. The van der Waals surface area contributed by atoms with Crippen LogP contribution in [0.3, 0.4) is 0 Å². The van der Waals surface area contributed by atoms with E-state index < -0.39 is 22.1 Å². The van der Waals surface area contributed by atoms with Crippen molar-refractivity contribution in [2.75, 3.05) is 4.72 Å². The molecule has 2 aromatic rings. The molecule has 0 radical (unpaired) electrons. The highest BCUT2D eigenvalue weighted by Crippen LogP contribution is 2.28. The highest BCUT2D eigenvalue weighted by Gasteiger charge is 2.25. The Morgan fingerprint density at radius 2 is 1.83 bits per heavy atom. The van der Waals surface area contributed by atoms with Gasteiger partial charge in [0.25, 0.3) is 15.9 Å². The van der Waals surface area contributed by atoms with E-state index in [1.807, 2.05) is 0 Å². The molecule has 7 nitrogen and oxygen atoms in total. The van der Waals surface area contributed by atoms with Gasteiger partial charge in [-0.15, -0.1) is 11.3 Å². The van der Waals surface area contributed by atoms with Crippen molar-refractivity contribution in [2.45, 2.75) is 55.4 Å². The molecule has 1 unspecified atom stereocenters.